The van der Waals surface area contributed by atoms with E-state index in [4.69, 9.17) is 23.2 Å². The van der Waals surface area contributed by atoms with E-state index in [2.05, 4.69) is 0 Å². The minimum atomic E-state index is -5.49. The third-order valence-electron chi connectivity index (χ3n) is 5.95. The number of nitrogens with zero attached hydrogens (tertiary/aromatic N) is 1. The lowest BCUT2D eigenvalue weighted by atomic mass is 9.72. The van der Waals surface area contributed by atoms with Gasteiger partial charge in [-0.15, -0.1) is 0 Å². The largest absolute Gasteiger partial charge is 0.421 e. The molecule has 2 aromatic rings. The first kappa shape index (κ1) is 25.7. The number of sulfonamides is 1. The van der Waals surface area contributed by atoms with E-state index in [9.17, 15) is 31.2 Å². The summed E-state index contributed by atoms with van der Waals surface area (Å²) < 4.78 is 72.4. The fourth-order valence-electron chi connectivity index (χ4n) is 4.47. The molecule has 0 saturated carbocycles. The Kier molecular flexibility index (Phi) is 6.11. The Hall–Kier alpha value is -2.40. The number of alkyl halides is 3. The molecule has 1 aliphatic carbocycles. The topological polar surface area (TPSA) is 83.6 Å². The highest BCUT2D eigenvalue weighted by molar-refractivity contribution is 7.89. The molecule has 1 aliphatic heterocycles. The predicted octanol–water partition coefficient (Wildman–Crippen LogP) is 5.26. The molecule has 2 aromatic carbocycles. The van der Waals surface area contributed by atoms with Gasteiger partial charge in [-0.1, -0.05) is 55.2 Å². The first-order valence-corrected chi connectivity index (χ1v) is 12.6. The van der Waals surface area contributed by atoms with Gasteiger partial charge < -0.3 is 0 Å². The average Bonchev–Trinajstić information content (AvgIpc) is 2.98. The van der Waals surface area contributed by atoms with Crippen molar-refractivity contribution in [2.45, 2.75) is 43.3 Å². The van der Waals surface area contributed by atoms with Crippen molar-refractivity contribution in [3.05, 3.63) is 69.8 Å². The summed E-state index contributed by atoms with van der Waals surface area (Å²) in [5.74, 6) is -2.64. The van der Waals surface area contributed by atoms with E-state index in [1.54, 1.807) is 18.6 Å². The molecule has 12 heteroatoms. The van der Waals surface area contributed by atoms with Crippen LogP contribution in [0.25, 0.3) is 0 Å². The predicted molar refractivity (Wildman–Crippen MR) is 125 cm³/mol. The second kappa shape index (κ2) is 8.33. The molecule has 0 spiro atoms. The molecular weight excluding hydrogens is 528 g/mol. The molecule has 4 rings (SSSR count). The molecule has 1 amide bonds. The highest BCUT2D eigenvalue weighted by Crippen LogP contribution is 2.53. The van der Waals surface area contributed by atoms with Gasteiger partial charge in [0.25, 0.3) is 5.91 Å². The zero-order valence-electron chi connectivity index (χ0n) is 18.4. The molecule has 35 heavy (non-hydrogen) atoms. The molecular formula is C23H19Cl2F3N2O4S. The molecule has 0 saturated heterocycles. The molecule has 1 atom stereocenters. The third kappa shape index (κ3) is 4.16. The van der Waals surface area contributed by atoms with E-state index < -0.39 is 49.3 Å². The van der Waals surface area contributed by atoms with Gasteiger partial charge in [0, 0.05) is 12.1 Å². The maximum Gasteiger partial charge on any atom is 0.421 e. The highest BCUT2D eigenvalue weighted by atomic mass is 35.5. The fourth-order valence-corrected chi connectivity index (χ4v) is 6.11. The number of nitrogens with one attached hydrogen (secondary N) is 1. The molecule has 0 bridgehead atoms. The SMILES string of the molecule is CC1(C)CC(=O)C2=C(C1)N(c1ccc(Cl)c(Cl)c1)C(=O)[C@]2(NS(=O)(=O)c1ccccc1)C(F)(F)F. The van der Waals surface area contributed by atoms with Crippen LogP contribution in [-0.4, -0.2) is 31.8 Å². The van der Waals surface area contributed by atoms with Gasteiger partial charge in [-0.25, -0.2) is 8.42 Å². The van der Waals surface area contributed by atoms with Gasteiger partial charge in [0.05, 0.1) is 26.2 Å². The minimum absolute atomic E-state index is 0.0325. The second-order valence-electron chi connectivity index (χ2n) is 9.17. The monoisotopic (exact) mass is 546 g/mol. The number of carbonyl (C=O) groups excluding carboxylic acids is 2. The van der Waals surface area contributed by atoms with Crippen molar-refractivity contribution in [3.8, 4) is 0 Å². The summed E-state index contributed by atoms with van der Waals surface area (Å²) in [5.41, 5.74) is -5.85. The van der Waals surface area contributed by atoms with Gasteiger partial charge >= 0.3 is 6.18 Å². The quantitative estimate of drug-likeness (QED) is 0.566. The summed E-state index contributed by atoms with van der Waals surface area (Å²) in [5, 5.41) is 0.0677. The number of anilines is 1. The van der Waals surface area contributed by atoms with Crippen LogP contribution in [0.4, 0.5) is 18.9 Å². The number of amides is 1. The number of carbonyl (C=O) groups is 2. The molecule has 0 unspecified atom stereocenters. The molecule has 0 radical (unpaired) electrons. The van der Waals surface area contributed by atoms with E-state index in [-0.39, 0.29) is 34.3 Å². The minimum Gasteiger partial charge on any atom is -0.294 e. The highest BCUT2D eigenvalue weighted by Gasteiger charge is 2.72. The lowest BCUT2D eigenvalue weighted by Crippen LogP contribution is -2.66. The Morgan fingerprint density at radius 1 is 0.971 bits per heavy atom. The fraction of sp³-hybridized carbons (Fsp3) is 0.304. The molecule has 2 aliphatic rings. The first-order chi connectivity index (χ1) is 16.1. The van der Waals surface area contributed by atoms with Gasteiger partial charge in [0.15, 0.2) is 5.78 Å². The summed E-state index contributed by atoms with van der Waals surface area (Å²) in [6.07, 6.45) is -5.89. The van der Waals surface area contributed by atoms with Crippen LogP contribution in [0, 0.1) is 5.41 Å². The third-order valence-corrected chi connectivity index (χ3v) is 8.16. The van der Waals surface area contributed by atoms with E-state index >= 15 is 0 Å². The van der Waals surface area contributed by atoms with Crippen molar-refractivity contribution in [3.63, 3.8) is 0 Å². The Morgan fingerprint density at radius 3 is 2.17 bits per heavy atom. The molecule has 6 nitrogen and oxygen atoms in total. The zero-order valence-corrected chi connectivity index (χ0v) is 20.7. The van der Waals surface area contributed by atoms with Crippen LogP contribution in [0.15, 0.2) is 64.7 Å². The Morgan fingerprint density at radius 2 is 1.60 bits per heavy atom. The number of benzene rings is 2. The smallest absolute Gasteiger partial charge is 0.294 e. The van der Waals surface area contributed by atoms with Gasteiger partial charge in [-0.2, -0.15) is 17.9 Å². The summed E-state index contributed by atoms with van der Waals surface area (Å²) in [6.45, 7) is 3.35. The van der Waals surface area contributed by atoms with Crippen LogP contribution >= 0.6 is 23.2 Å². The van der Waals surface area contributed by atoms with E-state index in [0.717, 1.165) is 17.0 Å². The summed E-state index contributed by atoms with van der Waals surface area (Å²) in [4.78, 5) is 27.1. The summed E-state index contributed by atoms with van der Waals surface area (Å²) in [7, 11) is -4.89. The van der Waals surface area contributed by atoms with Crippen LogP contribution in [0.5, 0.6) is 0 Å². The van der Waals surface area contributed by atoms with E-state index in [1.165, 1.54) is 36.4 Å². The van der Waals surface area contributed by atoms with Crippen LogP contribution in [0.3, 0.4) is 0 Å². The lowest BCUT2D eigenvalue weighted by molar-refractivity contribution is -0.184. The Balaban J connectivity index is 2.01. The second-order valence-corrected chi connectivity index (χ2v) is 11.7. The van der Waals surface area contributed by atoms with Gasteiger partial charge in [-0.3, -0.25) is 14.5 Å². The van der Waals surface area contributed by atoms with Crippen LogP contribution in [0.1, 0.15) is 26.7 Å². The van der Waals surface area contributed by atoms with E-state index in [1.807, 2.05) is 0 Å². The van der Waals surface area contributed by atoms with Crippen LogP contribution in [0.2, 0.25) is 10.0 Å². The van der Waals surface area contributed by atoms with Crippen molar-refractivity contribution >= 4 is 50.6 Å². The lowest BCUT2D eigenvalue weighted by Gasteiger charge is -2.35. The van der Waals surface area contributed by atoms with Crippen LogP contribution < -0.4 is 9.62 Å². The van der Waals surface area contributed by atoms with Crippen molar-refractivity contribution in [2.24, 2.45) is 5.41 Å². The van der Waals surface area contributed by atoms with Crippen molar-refractivity contribution in [2.75, 3.05) is 4.90 Å². The van der Waals surface area contributed by atoms with Crippen molar-refractivity contribution in [1.29, 1.82) is 0 Å². The number of hydrogen-bond acceptors (Lipinski definition) is 4. The molecule has 0 aromatic heterocycles. The molecule has 1 heterocycles. The van der Waals surface area contributed by atoms with E-state index in [0.29, 0.717) is 0 Å². The Labute approximate surface area is 209 Å². The molecule has 0 fully saturated rings. The van der Waals surface area contributed by atoms with Gasteiger partial charge in [0.1, 0.15) is 0 Å². The maximum absolute atomic E-state index is 14.9. The number of rotatable bonds is 4. The van der Waals surface area contributed by atoms with Crippen LogP contribution in [-0.2, 0) is 19.6 Å². The first-order valence-electron chi connectivity index (χ1n) is 10.3. The van der Waals surface area contributed by atoms with Crippen molar-refractivity contribution < 1.29 is 31.2 Å². The number of halogens is 5. The number of allylic oxidation sites excluding steroid dienone is 1. The summed E-state index contributed by atoms with van der Waals surface area (Å²) >= 11 is 12.0. The number of Topliss-reactive ketones (excluding diaryl/α,β-unsaturated/α-hetero) is 1. The number of ketones is 1. The molecule has 186 valence electrons. The van der Waals surface area contributed by atoms with Gasteiger partial charge in [0.2, 0.25) is 15.6 Å². The maximum atomic E-state index is 14.9. The van der Waals surface area contributed by atoms with Gasteiger partial charge in [-0.05, 0) is 42.2 Å². The summed E-state index contributed by atoms with van der Waals surface area (Å²) in [6, 6.07) is 10.1. The standard InChI is InChI=1S/C23H19Cl2F3N2O4S/c1-21(2)11-17-19(18(31)12-21)22(23(26,27)28,29-35(33,34)14-6-4-3-5-7-14)20(32)30(17)13-8-9-15(24)16(25)10-13/h3-10,29H,11-12H2,1-2H3/t22-/m0/s1. The van der Waals surface area contributed by atoms with Crippen molar-refractivity contribution in [1.82, 2.24) is 4.72 Å². The average molecular weight is 547 g/mol. The Bertz CT molecular complexity index is 1370. The number of hydrogen-bond donors (Lipinski definition) is 1. The normalized spacial score (nSPS) is 22.5. The molecule has 1 N–H and O–H groups in total. The zero-order chi connectivity index (χ0) is 26.0.